The van der Waals surface area contributed by atoms with E-state index in [9.17, 15) is 0 Å². The van der Waals surface area contributed by atoms with Crippen molar-refractivity contribution in [3.8, 4) is 0 Å². The number of rotatable bonds is 3. The molecule has 0 unspecified atom stereocenters. The molecule has 0 bridgehead atoms. The second-order valence-corrected chi connectivity index (χ2v) is 5.56. The minimum atomic E-state index is -0.130. The summed E-state index contributed by atoms with van der Waals surface area (Å²) in [6.45, 7) is 6.78. The highest BCUT2D eigenvalue weighted by Crippen LogP contribution is 2.21. The fraction of sp³-hybridized carbons (Fsp3) is 0.462. The molecule has 2 rings (SSSR count). The monoisotopic (exact) mass is 260 g/mol. The standard InChI is InChI=1S/C13H20N6/c1-13(2,3)12-17-9(14)7-10(18-12)16-8-11-15-5-6-19(11)4/h5-7H,8H2,1-4H3,(H3,14,16,17,18). The molecule has 0 aliphatic heterocycles. The van der Waals surface area contributed by atoms with Crippen molar-refractivity contribution in [2.24, 2.45) is 7.05 Å². The van der Waals surface area contributed by atoms with Gasteiger partial charge in [0.25, 0.3) is 0 Å². The highest BCUT2D eigenvalue weighted by atomic mass is 15.1. The van der Waals surface area contributed by atoms with E-state index in [1.165, 1.54) is 0 Å². The molecule has 0 saturated heterocycles. The number of nitrogens with one attached hydrogen (secondary N) is 1. The molecule has 2 aromatic rings. The third-order valence-corrected chi connectivity index (χ3v) is 2.77. The number of nitrogens with zero attached hydrogens (tertiary/aromatic N) is 4. The molecule has 0 aromatic carbocycles. The summed E-state index contributed by atoms with van der Waals surface area (Å²) in [6, 6.07) is 1.73. The summed E-state index contributed by atoms with van der Waals surface area (Å²) >= 11 is 0. The van der Waals surface area contributed by atoms with Gasteiger partial charge >= 0.3 is 0 Å². The third-order valence-electron chi connectivity index (χ3n) is 2.77. The Hall–Kier alpha value is -2.11. The van der Waals surface area contributed by atoms with Crippen molar-refractivity contribution in [1.82, 2.24) is 19.5 Å². The van der Waals surface area contributed by atoms with Gasteiger partial charge in [-0.15, -0.1) is 0 Å². The van der Waals surface area contributed by atoms with Crippen LogP contribution in [0.5, 0.6) is 0 Å². The molecule has 0 saturated carbocycles. The summed E-state index contributed by atoms with van der Waals surface area (Å²) in [7, 11) is 1.96. The van der Waals surface area contributed by atoms with E-state index in [0.29, 0.717) is 12.4 Å². The van der Waals surface area contributed by atoms with Gasteiger partial charge in [-0.05, 0) is 0 Å². The summed E-state index contributed by atoms with van der Waals surface area (Å²) in [5.74, 6) is 2.87. The first kappa shape index (κ1) is 13.3. The number of aromatic nitrogens is 4. The molecular formula is C13H20N6. The molecule has 2 heterocycles. The van der Waals surface area contributed by atoms with Gasteiger partial charge in [-0.3, -0.25) is 0 Å². The second-order valence-electron chi connectivity index (χ2n) is 5.56. The largest absolute Gasteiger partial charge is 0.384 e. The number of nitrogens with two attached hydrogens (primary N) is 1. The Morgan fingerprint density at radius 2 is 2.05 bits per heavy atom. The SMILES string of the molecule is Cn1ccnc1CNc1cc(N)nc(C(C)(C)C)n1. The van der Waals surface area contributed by atoms with Gasteiger partial charge in [-0.25, -0.2) is 15.0 Å². The Bertz CT molecular complexity index is 567. The number of aryl methyl sites for hydroxylation is 1. The fourth-order valence-corrected chi connectivity index (χ4v) is 1.63. The molecule has 0 atom stereocenters. The van der Waals surface area contributed by atoms with Crippen molar-refractivity contribution in [2.45, 2.75) is 32.7 Å². The first-order chi connectivity index (χ1) is 8.86. The molecule has 6 heteroatoms. The Morgan fingerprint density at radius 1 is 1.32 bits per heavy atom. The van der Waals surface area contributed by atoms with E-state index in [1.54, 1.807) is 12.3 Å². The number of anilines is 2. The second kappa shape index (κ2) is 4.87. The molecule has 0 aliphatic rings. The van der Waals surface area contributed by atoms with E-state index in [2.05, 4.69) is 41.0 Å². The van der Waals surface area contributed by atoms with Crippen molar-refractivity contribution in [1.29, 1.82) is 0 Å². The molecule has 6 nitrogen and oxygen atoms in total. The topological polar surface area (TPSA) is 81.7 Å². The zero-order valence-corrected chi connectivity index (χ0v) is 11.8. The van der Waals surface area contributed by atoms with Crippen molar-refractivity contribution in [3.63, 3.8) is 0 Å². The van der Waals surface area contributed by atoms with Crippen LogP contribution in [-0.2, 0) is 19.0 Å². The molecule has 19 heavy (non-hydrogen) atoms. The van der Waals surface area contributed by atoms with Crippen molar-refractivity contribution in [2.75, 3.05) is 11.1 Å². The van der Waals surface area contributed by atoms with Gasteiger partial charge in [0.1, 0.15) is 23.3 Å². The lowest BCUT2D eigenvalue weighted by atomic mass is 9.96. The zero-order valence-electron chi connectivity index (χ0n) is 11.8. The van der Waals surface area contributed by atoms with Crippen LogP contribution < -0.4 is 11.1 Å². The lowest BCUT2D eigenvalue weighted by Gasteiger charge is -2.18. The minimum absolute atomic E-state index is 0.130. The van der Waals surface area contributed by atoms with Crippen molar-refractivity contribution in [3.05, 3.63) is 30.1 Å². The van der Waals surface area contributed by atoms with Crippen molar-refractivity contribution >= 4 is 11.6 Å². The van der Waals surface area contributed by atoms with Crippen LogP contribution >= 0.6 is 0 Å². The first-order valence-electron chi connectivity index (χ1n) is 6.21. The van der Waals surface area contributed by atoms with E-state index >= 15 is 0 Å². The number of imidazole rings is 1. The van der Waals surface area contributed by atoms with Crippen LogP contribution in [0.4, 0.5) is 11.6 Å². The minimum Gasteiger partial charge on any atom is -0.384 e. The number of hydrogen-bond donors (Lipinski definition) is 2. The van der Waals surface area contributed by atoms with E-state index in [-0.39, 0.29) is 5.41 Å². The van der Waals surface area contributed by atoms with Gasteiger partial charge in [-0.1, -0.05) is 20.8 Å². The first-order valence-corrected chi connectivity index (χ1v) is 6.21. The highest BCUT2D eigenvalue weighted by molar-refractivity contribution is 5.45. The van der Waals surface area contributed by atoms with Gasteiger partial charge in [0.05, 0.1) is 6.54 Å². The third kappa shape index (κ3) is 3.21. The fourth-order valence-electron chi connectivity index (χ4n) is 1.63. The summed E-state index contributed by atoms with van der Waals surface area (Å²) in [5, 5.41) is 3.23. The molecule has 0 spiro atoms. The van der Waals surface area contributed by atoms with Gasteiger partial charge in [0.15, 0.2) is 0 Å². The van der Waals surface area contributed by atoms with E-state index in [0.717, 1.165) is 17.5 Å². The maximum atomic E-state index is 5.82. The normalized spacial score (nSPS) is 11.6. The molecule has 102 valence electrons. The Morgan fingerprint density at radius 3 is 2.63 bits per heavy atom. The molecular weight excluding hydrogens is 240 g/mol. The van der Waals surface area contributed by atoms with Crippen LogP contribution in [0, 0.1) is 0 Å². The molecule has 2 aromatic heterocycles. The Kier molecular flexibility index (Phi) is 3.42. The lowest BCUT2D eigenvalue weighted by molar-refractivity contribution is 0.547. The Balaban J connectivity index is 2.17. The smallest absolute Gasteiger partial charge is 0.138 e. The van der Waals surface area contributed by atoms with E-state index in [1.807, 2.05) is 17.8 Å². The maximum absolute atomic E-state index is 5.82. The van der Waals surface area contributed by atoms with Gasteiger partial charge in [-0.2, -0.15) is 0 Å². The van der Waals surface area contributed by atoms with E-state index < -0.39 is 0 Å². The average Bonchev–Trinajstić information content (AvgIpc) is 2.70. The molecule has 0 aliphatic carbocycles. The quantitative estimate of drug-likeness (QED) is 0.877. The van der Waals surface area contributed by atoms with E-state index in [4.69, 9.17) is 5.73 Å². The van der Waals surface area contributed by atoms with Gasteiger partial charge in [0, 0.05) is 30.9 Å². The van der Waals surface area contributed by atoms with Crippen LogP contribution in [0.1, 0.15) is 32.4 Å². The van der Waals surface area contributed by atoms with Crippen LogP contribution in [0.25, 0.3) is 0 Å². The summed E-state index contributed by atoms with van der Waals surface area (Å²) in [4.78, 5) is 13.0. The summed E-state index contributed by atoms with van der Waals surface area (Å²) in [5.41, 5.74) is 5.69. The zero-order chi connectivity index (χ0) is 14.0. The van der Waals surface area contributed by atoms with Gasteiger partial charge < -0.3 is 15.6 Å². The lowest BCUT2D eigenvalue weighted by Crippen LogP contribution is -2.18. The number of hydrogen-bond acceptors (Lipinski definition) is 5. The van der Waals surface area contributed by atoms with Crippen LogP contribution in [0.3, 0.4) is 0 Å². The van der Waals surface area contributed by atoms with Crippen molar-refractivity contribution < 1.29 is 0 Å². The van der Waals surface area contributed by atoms with Crippen LogP contribution in [0.2, 0.25) is 0 Å². The highest BCUT2D eigenvalue weighted by Gasteiger charge is 2.18. The average molecular weight is 260 g/mol. The van der Waals surface area contributed by atoms with Crippen LogP contribution in [0.15, 0.2) is 18.5 Å². The molecule has 0 amide bonds. The van der Waals surface area contributed by atoms with Crippen LogP contribution in [-0.4, -0.2) is 19.5 Å². The Labute approximate surface area is 113 Å². The molecule has 0 fully saturated rings. The molecule has 3 N–H and O–H groups in total. The summed E-state index contributed by atoms with van der Waals surface area (Å²) < 4.78 is 1.96. The maximum Gasteiger partial charge on any atom is 0.138 e. The van der Waals surface area contributed by atoms with Gasteiger partial charge in [0.2, 0.25) is 0 Å². The number of nitrogen functional groups attached to an aromatic ring is 1. The predicted molar refractivity (Wildman–Crippen MR) is 75.7 cm³/mol. The molecule has 0 radical (unpaired) electrons. The predicted octanol–water partition coefficient (Wildman–Crippen LogP) is 1.70. The summed E-state index contributed by atoms with van der Waals surface area (Å²) in [6.07, 6.45) is 3.68.